The molecule has 0 amide bonds. The Balaban J connectivity index is 0.000000320. The van der Waals surface area contributed by atoms with Crippen LogP contribution in [-0.4, -0.2) is 0 Å². The zero-order chi connectivity index (χ0) is 4.69. The Kier molecular flexibility index (Phi) is 0.975. The lowest BCUT2D eigenvalue weighted by Gasteiger charge is -1.61. The van der Waals surface area contributed by atoms with Gasteiger partial charge in [-0.25, -0.2) is 0 Å². The van der Waals surface area contributed by atoms with Gasteiger partial charge in [0.05, 0.1) is 0 Å². The zero-order valence-electron chi connectivity index (χ0n) is 3.72. The number of hydrogen-bond acceptors (Lipinski definition) is 1. The number of rotatable bonds is 0. The quantitative estimate of drug-likeness (QED) is 0.472. The van der Waals surface area contributed by atoms with E-state index in [0.717, 1.165) is 11.5 Å². The number of para-hydroxylation sites is 2. The molecule has 0 unspecified atom stereocenters. The van der Waals surface area contributed by atoms with Crippen molar-refractivity contribution < 1.29 is 4.74 Å². The summed E-state index contributed by atoms with van der Waals surface area (Å²) in [7, 11) is 0. The Bertz CT molecular complexity index is 172. The van der Waals surface area contributed by atoms with E-state index < -0.39 is 0 Å². The lowest BCUT2D eigenvalue weighted by atomic mass is 10.4. The molecular weight excluding hydrogens is 100 g/mol. The summed E-state index contributed by atoms with van der Waals surface area (Å²) < 4.78 is 4.94. The summed E-state index contributed by atoms with van der Waals surface area (Å²) in [6.45, 7) is 0. The van der Waals surface area contributed by atoms with Gasteiger partial charge in [-0.2, -0.15) is 0 Å². The van der Waals surface area contributed by atoms with Gasteiger partial charge >= 0.3 is 0 Å². The standard InChI is InChI=1S/C6H4O.CH4/c1-2-4-6-5(3-1)7-6;/h1-4H;1H4. The van der Waals surface area contributed by atoms with Gasteiger partial charge in [0.25, 0.3) is 0 Å². The van der Waals surface area contributed by atoms with Crippen LogP contribution in [0.15, 0.2) is 24.3 Å². The first-order chi connectivity index (χ1) is 3.47. The topological polar surface area (TPSA) is 12.5 Å². The Morgan fingerprint density at radius 3 is 1.88 bits per heavy atom. The average Bonchev–Trinajstić information content (AvgIpc) is 2.41. The highest BCUT2D eigenvalue weighted by atomic mass is 16.6. The van der Waals surface area contributed by atoms with Gasteiger partial charge in [0.15, 0.2) is 11.5 Å². The molecule has 1 nitrogen and oxygen atoms in total. The first kappa shape index (κ1) is 5.16. The van der Waals surface area contributed by atoms with Crippen molar-refractivity contribution in [3.8, 4) is 11.5 Å². The summed E-state index contributed by atoms with van der Waals surface area (Å²) in [6.07, 6.45) is 0. The molecule has 2 rings (SSSR count). The molecule has 0 N–H and O–H groups in total. The van der Waals surface area contributed by atoms with Gasteiger partial charge in [0.1, 0.15) is 0 Å². The van der Waals surface area contributed by atoms with Crippen molar-refractivity contribution in [3.63, 3.8) is 0 Å². The van der Waals surface area contributed by atoms with Crippen LogP contribution < -0.4 is 4.74 Å². The fourth-order valence-corrected chi connectivity index (χ4v) is 0.611. The molecule has 1 aromatic rings. The second kappa shape index (κ2) is 1.51. The van der Waals surface area contributed by atoms with E-state index in [-0.39, 0.29) is 7.43 Å². The molecule has 1 aliphatic rings. The van der Waals surface area contributed by atoms with Crippen LogP contribution in [0.4, 0.5) is 0 Å². The minimum Gasteiger partial charge on any atom is -0.450 e. The van der Waals surface area contributed by atoms with Crippen molar-refractivity contribution in [2.45, 2.75) is 7.43 Å². The average molecular weight is 108 g/mol. The van der Waals surface area contributed by atoms with Crippen molar-refractivity contribution in [1.29, 1.82) is 0 Å². The third-order valence-corrected chi connectivity index (χ3v) is 1.03. The number of benzene rings is 1. The van der Waals surface area contributed by atoms with Crippen molar-refractivity contribution in [2.24, 2.45) is 0 Å². The number of ether oxygens (including phenoxy) is 1. The van der Waals surface area contributed by atoms with Crippen molar-refractivity contribution in [2.75, 3.05) is 0 Å². The van der Waals surface area contributed by atoms with Crippen LogP contribution >= 0.6 is 0 Å². The first-order valence-electron chi connectivity index (χ1n) is 2.24. The van der Waals surface area contributed by atoms with E-state index in [9.17, 15) is 0 Å². The molecule has 0 fully saturated rings. The Hall–Kier alpha value is -0.980. The monoisotopic (exact) mass is 108 g/mol. The SMILES string of the molecule is C.c1ccc2c(c1)O2. The third kappa shape index (κ3) is 0.561. The van der Waals surface area contributed by atoms with Crippen LogP contribution in [0.3, 0.4) is 0 Å². The van der Waals surface area contributed by atoms with Crippen LogP contribution in [0.5, 0.6) is 11.5 Å². The normalized spacial score (nSPS) is 10.5. The Labute approximate surface area is 48.9 Å². The van der Waals surface area contributed by atoms with E-state index in [2.05, 4.69) is 0 Å². The molecule has 1 aliphatic heterocycles. The van der Waals surface area contributed by atoms with Gasteiger partial charge in [0.2, 0.25) is 0 Å². The van der Waals surface area contributed by atoms with Crippen LogP contribution in [0.25, 0.3) is 0 Å². The van der Waals surface area contributed by atoms with E-state index in [1.165, 1.54) is 0 Å². The van der Waals surface area contributed by atoms with E-state index in [1.54, 1.807) is 0 Å². The second-order valence-electron chi connectivity index (χ2n) is 1.55. The molecule has 0 saturated heterocycles. The molecule has 42 valence electrons. The fourth-order valence-electron chi connectivity index (χ4n) is 0.611. The third-order valence-electron chi connectivity index (χ3n) is 1.03. The molecule has 1 aromatic carbocycles. The van der Waals surface area contributed by atoms with Gasteiger partial charge in [-0.15, -0.1) is 0 Å². The highest BCUT2D eigenvalue weighted by molar-refractivity contribution is 5.53. The van der Waals surface area contributed by atoms with Crippen LogP contribution in [-0.2, 0) is 0 Å². The summed E-state index contributed by atoms with van der Waals surface area (Å²) in [6, 6.07) is 7.84. The van der Waals surface area contributed by atoms with Crippen molar-refractivity contribution in [1.82, 2.24) is 0 Å². The molecule has 0 atom stereocenters. The minimum absolute atomic E-state index is 0. The van der Waals surface area contributed by atoms with Crippen LogP contribution in [0.1, 0.15) is 7.43 Å². The maximum atomic E-state index is 4.94. The predicted octanol–water partition coefficient (Wildman–Crippen LogP) is 2.43. The molecule has 1 heterocycles. The molecular formula is C7H8O. The molecule has 8 heavy (non-hydrogen) atoms. The molecule has 1 heteroatoms. The lowest BCUT2D eigenvalue weighted by Crippen LogP contribution is -1.37. The van der Waals surface area contributed by atoms with E-state index in [1.807, 2.05) is 24.3 Å². The van der Waals surface area contributed by atoms with Gasteiger partial charge in [-0.05, 0) is 12.1 Å². The molecule has 0 bridgehead atoms. The summed E-state index contributed by atoms with van der Waals surface area (Å²) >= 11 is 0. The van der Waals surface area contributed by atoms with Gasteiger partial charge in [-0.1, -0.05) is 19.6 Å². The highest BCUT2D eigenvalue weighted by Crippen LogP contribution is 2.43. The van der Waals surface area contributed by atoms with Gasteiger partial charge in [-0.3, -0.25) is 0 Å². The summed E-state index contributed by atoms with van der Waals surface area (Å²) in [5, 5.41) is 0. The minimum atomic E-state index is 0. The van der Waals surface area contributed by atoms with Crippen LogP contribution in [0, 0.1) is 0 Å². The summed E-state index contributed by atoms with van der Waals surface area (Å²) in [5.41, 5.74) is 0. The number of hydrogen-bond donors (Lipinski definition) is 0. The van der Waals surface area contributed by atoms with Crippen molar-refractivity contribution >= 4 is 0 Å². The highest BCUT2D eigenvalue weighted by Gasteiger charge is 2.15. The predicted molar refractivity (Wildman–Crippen MR) is 33.2 cm³/mol. The molecule has 0 spiro atoms. The van der Waals surface area contributed by atoms with Crippen LogP contribution in [0.2, 0.25) is 0 Å². The van der Waals surface area contributed by atoms with Gasteiger partial charge in [0, 0.05) is 0 Å². The Morgan fingerprint density at radius 2 is 1.50 bits per heavy atom. The second-order valence-corrected chi connectivity index (χ2v) is 1.55. The molecule has 0 aromatic heterocycles. The summed E-state index contributed by atoms with van der Waals surface area (Å²) in [5.74, 6) is 2.06. The smallest absolute Gasteiger partial charge is 0.170 e. The van der Waals surface area contributed by atoms with E-state index in [4.69, 9.17) is 4.74 Å². The fraction of sp³-hybridized carbons (Fsp3) is 0.143. The van der Waals surface area contributed by atoms with Gasteiger partial charge < -0.3 is 4.74 Å². The largest absolute Gasteiger partial charge is 0.450 e. The number of fused-ring (bicyclic) bond motifs is 1. The maximum Gasteiger partial charge on any atom is 0.170 e. The summed E-state index contributed by atoms with van der Waals surface area (Å²) in [4.78, 5) is 0. The van der Waals surface area contributed by atoms with Crippen molar-refractivity contribution in [3.05, 3.63) is 24.3 Å². The molecule has 0 aliphatic carbocycles. The first-order valence-corrected chi connectivity index (χ1v) is 2.24. The maximum absolute atomic E-state index is 4.94. The van der Waals surface area contributed by atoms with E-state index >= 15 is 0 Å². The lowest BCUT2D eigenvalue weighted by molar-refractivity contribution is 0.650. The molecule has 0 saturated carbocycles. The van der Waals surface area contributed by atoms with E-state index in [0.29, 0.717) is 0 Å². The Morgan fingerprint density at radius 1 is 1.00 bits per heavy atom. The molecule has 0 radical (unpaired) electrons. The zero-order valence-corrected chi connectivity index (χ0v) is 3.72.